The molecule has 24 heavy (non-hydrogen) atoms. The zero-order chi connectivity index (χ0) is 17.7. The van der Waals surface area contributed by atoms with Crippen LogP contribution in [0.4, 0.5) is 18.9 Å². The minimum Gasteiger partial charge on any atom is -0.383 e. The first kappa shape index (κ1) is 18.2. The van der Waals surface area contributed by atoms with Crippen molar-refractivity contribution in [2.75, 3.05) is 51.3 Å². The van der Waals surface area contributed by atoms with Gasteiger partial charge in [-0.05, 0) is 12.1 Å². The maximum absolute atomic E-state index is 12.7. The molecule has 1 saturated heterocycles. The molecular formula is C16H18F3N3O2. The monoisotopic (exact) mass is 341 g/mol. The van der Waals surface area contributed by atoms with Gasteiger partial charge in [0, 0.05) is 45.4 Å². The van der Waals surface area contributed by atoms with E-state index >= 15 is 0 Å². The molecule has 0 radical (unpaired) electrons. The number of carbonyl (C=O) groups excluding carboxylic acids is 1. The number of halogens is 3. The standard InChI is InChI=1S/C16H18F3N3O2/c1-24-10-9-21-5-7-22(8-6-21)14-4-2-3-12(13(14)11-20)15(23)16(17,18)19/h2-4H,5-10H2,1H3. The van der Waals surface area contributed by atoms with E-state index in [1.165, 1.54) is 6.07 Å². The quantitative estimate of drug-likeness (QED) is 0.768. The number of nitriles is 1. The Labute approximate surface area is 138 Å². The summed E-state index contributed by atoms with van der Waals surface area (Å²) in [5.74, 6) is -1.99. The van der Waals surface area contributed by atoms with Crippen LogP contribution in [-0.2, 0) is 4.74 Å². The lowest BCUT2D eigenvalue weighted by molar-refractivity contribution is -0.0885. The number of ketones is 1. The molecule has 1 aliphatic heterocycles. The van der Waals surface area contributed by atoms with Crippen molar-refractivity contribution in [3.8, 4) is 6.07 Å². The Morgan fingerprint density at radius 3 is 2.50 bits per heavy atom. The Bertz CT molecular complexity index is 632. The van der Waals surface area contributed by atoms with Crippen molar-refractivity contribution in [2.45, 2.75) is 6.18 Å². The number of hydrogen-bond donors (Lipinski definition) is 0. The van der Waals surface area contributed by atoms with Crippen LogP contribution in [0, 0.1) is 11.3 Å². The van der Waals surface area contributed by atoms with E-state index in [2.05, 4.69) is 4.90 Å². The zero-order valence-corrected chi connectivity index (χ0v) is 13.3. The molecule has 1 aliphatic rings. The van der Waals surface area contributed by atoms with Crippen LogP contribution in [-0.4, -0.2) is 63.3 Å². The highest BCUT2D eigenvalue weighted by atomic mass is 19.4. The fourth-order valence-corrected chi connectivity index (χ4v) is 2.70. The molecule has 1 aromatic carbocycles. The second-order valence-electron chi connectivity index (χ2n) is 5.46. The van der Waals surface area contributed by atoms with Crippen LogP contribution in [0.1, 0.15) is 15.9 Å². The predicted octanol–water partition coefficient (Wildman–Crippen LogP) is 2.07. The molecule has 1 heterocycles. The first-order valence-corrected chi connectivity index (χ1v) is 7.49. The third-order valence-corrected chi connectivity index (χ3v) is 3.98. The number of methoxy groups -OCH3 is 1. The van der Waals surface area contributed by atoms with Gasteiger partial charge >= 0.3 is 6.18 Å². The highest BCUT2D eigenvalue weighted by Gasteiger charge is 2.41. The zero-order valence-electron chi connectivity index (χ0n) is 13.3. The lowest BCUT2D eigenvalue weighted by atomic mass is 10.0. The smallest absolute Gasteiger partial charge is 0.383 e. The largest absolute Gasteiger partial charge is 0.454 e. The van der Waals surface area contributed by atoms with Gasteiger partial charge in [-0.25, -0.2) is 0 Å². The van der Waals surface area contributed by atoms with Gasteiger partial charge in [0.25, 0.3) is 5.78 Å². The van der Waals surface area contributed by atoms with Crippen LogP contribution in [0.15, 0.2) is 18.2 Å². The molecule has 0 amide bonds. The van der Waals surface area contributed by atoms with E-state index in [9.17, 15) is 23.2 Å². The van der Waals surface area contributed by atoms with Crippen molar-refractivity contribution in [3.63, 3.8) is 0 Å². The molecule has 5 nitrogen and oxygen atoms in total. The van der Waals surface area contributed by atoms with Gasteiger partial charge in [0.1, 0.15) is 6.07 Å². The Morgan fingerprint density at radius 1 is 1.29 bits per heavy atom. The number of benzene rings is 1. The topological polar surface area (TPSA) is 56.6 Å². The van der Waals surface area contributed by atoms with Gasteiger partial charge in [0.15, 0.2) is 0 Å². The fourth-order valence-electron chi connectivity index (χ4n) is 2.70. The summed E-state index contributed by atoms with van der Waals surface area (Å²) in [6.07, 6.45) is -5.00. The average molecular weight is 341 g/mol. The van der Waals surface area contributed by atoms with Crippen LogP contribution in [0.25, 0.3) is 0 Å². The minimum absolute atomic E-state index is 0.217. The number of ether oxygens (including phenoxy) is 1. The predicted molar refractivity (Wildman–Crippen MR) is 82.1 cm³/mol. The van der Waals surface area contributed by atoms with Gasteiger partial charge in [-0.15, -0.1) is 0 Å². The van der Waals surface area contributed by atoms with Crippen molar-refractivity contribution in [3.05, 3.63) is 29.3 Å². The summed E-state index contributed by atoms with van der Waals surface area (Å²) in [5.41, 5.74) is -0.437. The fraction of sp³-hybridized carbons (Fsp3) is 0.500. The summed E-state index contributed by atoms with van der Waals surface area (Å²) in [6.45, 7) is 3.96. The number of Topliss-reactive ketones (excluding diaryl/α,β-unsaturated/α-hetero) is 1. The number of rotatable bonds is 5. The summed E-state index contributed by atoms with van der Waals surface area (Å²) in [6, 6.07) is 5.77. The molecule has 0 N–H and O–H groups in total. The van der Waals surface area contributed by atoms with Crippen LogP contribution in [0.5, 0.6) is 0 Å². The summed E-state index contributed by atoms with van der Waals surface area (Å²) in [7, 11) is 1.62. The lowest BCUT2D eigenvalue weighted by Crippen LogP contribution is -2.47. The van der Waals surface area contributed by atoms with Gasteiger partial charge < -0.3 is 9.64 Å². The molecule has 0 atom stereocenters. The molecule has 0 bridgehead atoms. The molecule has 0 aromatic heterocycles. The van der Waals surface area contributed by atoms with E-state index in [4.69, 9.17) is 4.74 Å². The van der Waals surface area contributed by atoms with Crippen molar-refractivity contribution in [2.24, 2.45) is 0 Å². The number of carbonyl (C=O) groups is 1. The highest BCUT2D eigenvalue weighted by Crippen LogP contribution is 2.29. The summed E-state index contributed by atoms with van der Waals surface area (Å²) >= 11 is 0. The number of alkyl halides is 3. The second kappa shape index (κ2) is 7.64. The second-order valence-corrected chi connectivity index (χ2v) is 5.46. The summed E-state index contributed by atoms with van der Waals surface area (Å²) in [5, 5.41) is 9.29. The molecule has 0 saturated carbocycles. The third-order valence-electron chi connectivity index (χ3n) is 3.98. The molecule has 0 spiro atoms. The van der Waals surface area contributed by atoms with Crippen LogP contribution in [0.3, 0.4) is 0 Å². The number of anilines is 1. The van der Waals surface area contributed by atoms with Gasteiger partial charge in [-0.3, -0.25) is 9.69 Å². The number of hydrogen-bond acceptors (Lipinski definition) is 5. The molecule has 1 fully saturated rings. The van der Waals surface area contributed by atoms with E-state index in [-0.39, 0.29) is 5.56 Å². The first-order chi connectivity index (χ1) is 11.4. The van der Waals surface area contributed by atoms with Gasteiger partial charge in [0.2, 0.25) is 0 Å². The molecule has 2 rings (SSSR count). The van der Waals surface area contributed by atoms with E-state index in [0.717, 1.165) is 12.6 Å². The van der Waals surface area contributed by atoms with Crippen LogP contribution in [0.2, 0.25) is 0 Å². The van der Waals surface area contributed by atoms with Crippen LogP contribution >= 0.6 is 0 Å². The van der Waals surface area contributed by atoms with Gasteiger partial charge in [-0.1, -0.05) is 6.07 Å². The molecule has 0 unspecified atom stereocenters. The Hall–Kier alpha value is -2.11. The van der Waals surface area contributed by atoms with E-state index in [1.54, 1.807) is 19.2 Å². The van der Waals surface area contributed by atoms with E-state index in [1.807, 2.05) is 4.90 Å². The number of piperazine rings is 1. The molecule has 130 valence electrons. The maximum atomic E-state index is 12.7. The Morgan fingerprint density at radius 2 is 1.96 bits per heavy atom. The van der Waals surface area contributed by atoms with Crippen molar-refractivity contribution >= 4 is 11.5 Å². The first-order valence-electron chi connectivity index (χ1n) is 7.49. The Balaban J connectivity index is 2.21. The molecule has 8 heteroatoms. The van der Waals surface area contributed by atoms with Crippen molar-refractivity contribution in [1.29, 1.82) is 5.26 Å². The van der Waals surface area contributed by atoms with Gasteiger partial charge in [0.05, 0.1) is 17.9 Å². The maximum Gasteiger partial charge on any atom is 0.454 e. The molecule has 1 aromatic rings. The minimum atomic E-state index is -5.00. The SMILES string of the molecule is COCCN1CCN(c2cccc(C(=O)C(F)(F)F)c2C#N)CC1. The average Bonchev–Trinajstić information content (AvgIpc) is 2.58. The summed E-state index contributed by atoms with van der Waals surface area (Å²) in [4.78, 5) is 15.6. The van der Waals surface area contributed by atoms with Gasteiger partial charge in [-0.2, -0.15) is 18.4 Å². The number of nitrogens with zero attached hydrogens (tertiary/aromatic N) is 3. The van der Waals surface area contributed by atoms with E-state index < -0.39 is 17.5 Å². The van der Waals surface area contributed by atoms with Crippen molar-refractivity contribution < 1.29 is 22.7 Å². The molecular weight excluding hydrogens is 323 g/mol. The summed E-state index contributed by atoms with van der Waals surface area (Å²) < 4.78 is 43.1. The molecule has 0 aliphatic carbocycles. The Kier molecular flexibility index (Phi) is 5.80. The highest BCUT2D eigenvalue weighted by molar-refractivity contribution is 6.03. The van der Waals surface area contributed by atoms with E-state index in [0.29, 0.717) is 38.5 Å². The normalized spacial score (nSPS) is 16.0. The third kappa shape index (κ3) is 4.04. The lowest BCUT2D eigenvalue weighted by Gasteiger charge is -2.36. The van der Waals surface area contributed by atoms with Crippen molar-refractivity contribution in [1.82, 2.24) is 4.90 Å². The van der Waals surface area contributed by atoms with Crippen LogP contribution < -0.4 is 4.90 Å².